The summed E-state index contributed by atoms with van der Waals surface area (Å²) in [6, 6.07) is 1.97. The minimum atomic E-state index is -0.951. The van der Waals surface area contributed by atoms with E-state index in [1.807, 2.05) is 11.8 Å². The molecule has 0 saturated heterocycles. The second kappa shape index (κ2) is 7.40. The molecule has 0 aliphatic rings. The summed E-state index contributed by atoms with van der Waals surface area (Å²) in [5.74, 6) is 2.00. The van der Waals surface area contributed by atoms with E-state index in [2.05, 4.69) is 19.2 Å². The minimum absolute atomic E-state index is 0.205. The van der Waals surface area contributed by atoms with Crippen molar-refractivity contribution in [2.75, 3.05) is 11.5 Å². The van der Waals surface area contributed by atoms with Crippen LogP contribution in [0, 0.1) is 0 Å². The van der Waals surface area contributed by atoms with Crippen molar-refractivity contribution in [2.24, 2.45) is 0 Å². The van der Waals surface area contributed by atoms with Crippen molar-refractivity contribution < 1.29 is 14.3 Å². The van der Waals surface area contributed by atoms with Crippen LogP contribution in [0.3, 0.4) is 0 Å². The maximum Gasteiger partial charge on any atom is 0.338 e. The van der Waals surface area contributed by atoms with Gasteiger partial charge in [0.2, 0.25) is 0 Å². The van der Waals surface area contributed by atoms with Crippen molar-refractivity contribution in [2.45, 2.75) is 32.9 Å². The molecule has 96 valence electrons. The number of hydrogen-bond acceptors (Lipinski definition) is 4. The zero-order valence-electron chi connectivity index (χ0n) is 10.2. The Balaban J connectivity index is 2.26. The molecule has 0 aromatic carbocycles. The Morgan fingerprint density at radius 2 is 2.41 bits per heavy atom. The molecule has 1 atom stereocenters. The number of aromatic carboxylic acids is 1. The summed E-state index contributed by atoms with van der Waals surface area (Å²) in [5, 5.41) is 12.0. The number of furan rings is 1. The van der Waals surface area contributed by atoms with E-state index in [0.717, 1.165) is 17.9 Å². The Morgan fingerprint density at radius 3 is 3.00 bits per heavy atom. The van der Waals surface area contributed by atoms with Crippen molar-refractivity contribution in [3.8, 4) is 0 Å². The molecule has 4 nitrogen and oxygen atoms in total. The Morgan fingerprint density at radius 1 is 1.65 bits per heavy atom. The third-order valence-corrected chi connectivity index (χ3v) is 3.36. The first-order chi connectivity index (χ1) is 8.13. The lowest BCUT2D eigenvalue weighted by molar-refractivity contribution is 0.0696. The highest BCUT2D eigenvalue weighted by Gasteiger charge is 2.09. The van der Waals surface area contributed by atoms with Gasteiger partial charge < -0.3 is 14.8 Å². The van der Waals surface area contributed by atoms with Gasteiger partial charge in [0.15, 0.2) is 0 Å². The largest absolute Gasteiger partial charge is 0.478 e. The van der Waals surface area contributed by atoms with Gasteiger partial charge in [-0.25, -0.2) is 4.79 Å². The van der Waals surface area contributed by atoms with Gasteiger partial charge in [-0.15, -0.1) is 0 Å². The summed E-state index contributed by atoms with van der Waals surface area (Å²) in [7, 11) is 0. The van der Waals surface area contributed by atoms with E-state index < -0.39 is 5.97 Å². The lowest BCUT2D eigenvalue weighted by Crippen LogP contribution is -2.25. The van der Waals surface area contributed by atoms with Crippen LogP contribution in [-0.4, -0.2) is 28.6 Å². The Hall–Kier alpha value is -0.940. The zero-order chi connectivity index (χ0) is 12.7. The SMILES string of the molecule is CCSCCC(C)NCc1cc(C(=O)O)co1. The van der Waals surface area contributed by atoms with Crippen molar-refractivity contribution in [3.05, 3.63) is 23.7 Å². The van der Waals surface area contributed by atoms with E-state index >= 15 is 0 Å². The molecule has 0 saturated carbocycles. The van der Waals surface area contributed by atoms with Crippen molar-refractivity contribution in [3.63, 3.8) is 0 Å². The maximum atomic E-state index is 10.6. The zero-order valence-corrected chi connectivity index (χ0v) is 11.0. The summed E-state index contributed by atoms with van der Waals surface area (Å²) in [6.45, 7) is 4.85. The van der Waals surface area contributed by atoms with Gasteiger partial charge in [-0.1, -0.05) is 6.92 Å². The van der Waals surface area contributed by atoms with Gasteiger partial charge in [-0.3, -0.25) is 0 Å². The average molecular weight is 257 g/mol. The molecule has 0 aliphatic carbocycles. The highest BCUT2D eigenvalue weighted by molar-refractivity contribution is 7.99. The summed E-state index contributed by atoms with van der Waals surface area (Å²) in [4.78, 5) is 10.6. The molecule has 0 fully saturated rings. The molecule has 1 aromatic heterocycles. The highest BCUT2D eigenvalue weighted by atomic mass is 32.2. The molecule has 0 aliphatic heterocycles. The van der Waals surface area contributed by atoms with Gasteiger partial charge in [-0.2, -0.15) is 11.8 Å². The lowest BCUT2D eigenvalue weighted by Gasteiger charge is -2.11. The fourth-order valence-electron chi connectivity index (χ4n) is 1.37. The fraction of sp³-hybridized carbons (Fsp3) is 0.583. The average Bonchev–Trinajstić information content (AvgIpc) is 2.75. The molecular formula is C12H19NO3S. The number of hydrogen-bond donors (Lipinski definition) is 2. The Kier molecular flexibility index (Phi) is 6.15. The van der Waals surface area contributed by atoms with Crippen LogP contribution < -0.4 is 5.32 Å². The number of carboxylic acid groups (broad SMARTS) is 1. The number of thioether (sulfide) groups is 1. The van der Waals surface area contributed by atoms with Crippen LogP contribution in [0.1, 0.15) is 36.4 Å². The molecule has 0 radical (unpaired) electrons. The smallest absolute Gasteiger partial charge is 0.338 e. The van der Waals surface area contributed by atoms with E-state index in [1.54, 1.807) is 6.07 Å². The minimum Gasteiger partial charge on any atom is -0.478 e. The third kappa shape index (κ3) is 5.28. The van der Waals surface area contributed by atoms with Crippen LogP contribution in [0.2, 0.25) is 0 Å². The highest BCUT2D eigenvalue weighted by Crippen LogP contribution is 2.09. The number of rotatable bonds is 8. The van der Waals surface area contributed by atoms with Gasteiger partial charge >= 0.3 is 5.97 Å². The lowest BCUT2D eigenvalue weighted by atomic mass is 10.2. The van der Waals surface area contributed by atoms with Gasteiger partial charge in [0.05, 0.1) is 12.1 Å². The second-order valence-electron chi connectivity index (χ2n) is 3.87. The van der Waals surface area contributed by atoms with Gasteiger partial charge in [0.25, 0.3) is 0 Å². The van der Waals surface area contributed by atoms with Crippen molar-refractivity contribution in [1.82, 2.24) is 5.32 Å². The summed E-state index contributed by atoms with van der Waals surface area (Å²) in [6.07, 6.45) is 2.38. The molecule has 1 unspecified atom stereocenters. The Bertz CT molecular complexity index is 351. The van der Waals surface area contributed by atoms with Crippen LogP contribution in [0.4, 0.5) is 0 Å². The van der Waals surface area contributed by atoms with E-state index in [4.69, 9.17) is 9.52 Å². The molecule has 2 N–H and O–H groups in total. The number of carboxylic acids is 1. The first kappa shape index (κ1) is 14.1. The number of carbonyl (C=O) groups is 1. The molecule has 1 heterocycles. The quantitative estimate of drug-likeness (QED) is 0.701. The summed E-state index contributed by atoms with van der Waals surface area (Å²) in [5.41, 5.74) is 0.205. The summed E-state index contributed by atoms with van der Waals surface area (Å²) < 4.78 is 5.15. The predicted octanol–water partition coefficient (Wildman–Crippen LogP) is 2.60. The maximum absolute atomic E-state index is 10.6. The molecular weight excluding hydrogens is 238 g/mol. The van der Waals surface area contributed by atoms with E-state index in [-0.39, 0.29) is 5.56 Å². The van der Waals surface area contributed by atoms with Gasteiger partial charge in [0.1, 0.15) is 12.0 Å². The van der Waals surface area contributed by atoms with Crippen LogP contribution in [-0.2, 0) is 6.54 Å². The standard InChI is InChI=1S/C12H19NO3S/c1-3-17-5-4-9(2)13-7-11-6-10(8-16-11)12(14)15/h6,8-9,13H,3-5,7H2,1-2H3,(H,14,15). The monoisotopic (exact) mass is 257 g/mol. The molecule has 5 heteroatoms. The first-order valence-electron chi connectivity index (χ1n) is 5.75. The topological polar surface area (TPSA) is 62.5 Å². The fourth-order valence-corrected chi connectivity index (χ4v) is 2.18. The van der Waals surface area contributed by atoms with Crippen molar-refractivity contribution in [1.29, 1.82) is 0 Å². The van der Waals surface area contributed by atoms with Crippen LogP contribution in [0.15, 0.2) is 16.7 Å². The summed E-state index contributed by atoms with van der Waals surface area (Å²) >= 11 is 1.92. The molecule has 17 heavy (non-hydrogen) atoms. The van der Waals surface area contributed by atoms with Crippen LogP contribution in [0.5, 0.6) is 0 Å². The van der Waals surface area contributed by atoms with E-state index in [0.29, 0.717) is 18.3 Å². The van der Waals surface area contributed by atoms with Crippen LogP contribution >= 0.6 is 11.8 Å². The molecule has 1 aromatic rings. The number of nitrogens with one attached hydrogen (secondary N) is 1. The van der Waals surface area contributed by atoms with Crippen molar-refractivity contribution >= 4 is 17.7 Å². The van der Waals surface area contributed by atoms with E-state index in [9.17, 15) is 4.79 Å². The first-order valence-corrected chi connectivity index (χ1v) is 6.90. The third-order valence-electron chi connectivity index (χ3n) is 2.42. The second-order valence-corrected chi connectivity index (χ2v) is 5.27. The molecule has 0 bridgehead atoms. The molecule has 1 rings (SSSR count). The van der Waals surface area contributed by atoms with Gasteiger partial charge in [-0.05, 0) is 30.9 Å². The molecule has 0 amide bonds. The Labute approximate surface area is 106 Å². The molecule has 0 spiro atoms. The predicted molar refractivity (Wildman–Crippen MR) is 69.6 cm³/mol. The van der Waals surface area contributed by atoms with Crippen LogP contribution in [0.25, 0.3) is 0 Å². The normalized spacial score (nSPS) is 12.6. The van der Waals surface area contributed by atoms with E-state index in [1.165, 1.54) is 6.26 Å². The van der Waals surface area contributed by atoms with Gasteiger partial charge in [0, 0.05) is 6.04 Å².